The lowest BCUT2D eigenvalue weighted by Gasteiger charge is -1.95. The lowest BCUT2D eigenvalue weighted by Crippen LogP contribution is -2.04. The van der Waals surface area contributed by atoms with Crippen LogP contribution in [0.1, 0.15) is 27.9 Å². The Morgan fingerprint density at radius 3 is 2.94 bits per heavy atom. The van der Waals surface area contributed by atoms with E-state index in [0.717, 1.165) is 16.3 Å². The molecule has 0 aromatic carbocycles. The average Bonchev–Trinajstić information content (AvgIpc) is 2.98. The van der Waals surface area contributed by atoms with Gasteiger partial charge in [0.15, 0.2) is 5.78 Å². The van der Waals surface area contributed by atoms with E-state index in [4.69, 9.17) is 0 Å². The van der Waals surface area contributed by atoms with Crippen LogP contribution < -0.4 is 5.32 Å². The lowest BCUT2D eigenvalue weighted by atomic mass is 10.1. The number of ketones is 1. The van der Waals surface area contributed by atoms with Crippen LogP contribution in [0.15, 0.2) is 24.4 Å². The van der Waals surface area contributed by atoms with Gasteiger partial charge in [0.05, 0.1) is 10.5 Å². The molecule has 2 aromatic rings. The zero-order valence-electron chi connectivity index (χ0n) is 9.61. The van der Waals surface area contributed by atoms with Crippen molar-refractivity contribution in [2.75, 3.05) is 5.32 Å². The summed E-state index contributed by atoms with van der Waals surface area (Å²) in [5, 5.41) is 3.53. The maximum atomic E-state index is 11.8. The minimum absolute atomic E-state index is 0.0165. The van der Waals surface area contributed by atoms with Crippen LogP contribution in [-0.4, -0.2) is 16.7 Å². The van der Waals surface area contributed by atoms with Gasteiger partial charge in [-0.1, -0.05) is 0 Å². The van der Waals surface area contributed by atoms with Crippen molar-refractivity contribution >= 4 is 39.7 Å². The fourth-order valence-electron chi connectivity index (χ4n) is 1.88. The Morgan fingerprint density at radius 2 is 2.28 bits per heavy atom. The highest BCUT2D eigenvalue weighted by Gasteiger charge is 2.27. The van der Waals surface area contributed by atoms with Crippen molar-refractivity contribution in [3.8, 4) is 0 Å². The first kappa shape index (κ1) is 11.0. The highest BCUT2D eigenvalue weighted by atomic mass is 32.1. The van der Waals surface area contributed by atoms with E-state index in [2.05, 4.69) is 10.3 Å². The van der Waals surface area contributed by atoms with Gasteiger partial charge in [-0.2, -0.15) is 0 Å². The number of fused-ring (bicyclic) bond motifs is 1. The molecule has 0 radical (unpaired) electrons. The molecule has 3 heterocycles. The fraction of sp³-hybridized carbons (Fsp3) is 0.0769. The van der Waals surface area contributed by atoms with Gasteiger partial charge in [0.2, 0.25) is 0 Å². The quantitative estimate of drug-likeness (QED) is 0.642. The number of hydrogen-bond acceptors (Lipinski definition) is 3. The second-order valence-corrected chi connectivity index (χ2v) is 5.10. The van der Waals surface area contributed by atoms with E-state index in [1.807, 2.05) is 12.1 Å². The Labute approximate surface area is 107 Å². The van der Waals surface area contributed by atoms with Crippen LogP contribution in [0.25, 0.3) is 11.6 Å². The number of Topliss-reactive ketones (excluding diaryl/α,β-unsaturated/α-hetero) is 1. The molecule has 1 amide bonds. The highest BCUT2D eigenvalue weighted by molar-refractivity contribution is 7.18. The zero-order valence-corrected chi connectivity index (χ0v) is 10.4. The normalized spacial score (nSPS) is 15.8. The van der Waals surface area contributed by atoms with E-state index in [1.54, 1.807) is 18.3 Å². The fourth-order valence-corrected chi connectivity index (χ4v) is 2.85. The van der Waals surface area contributed by atoms with Crippen molar-refractivity contribution in [3.05, 3.63) is 40.5 Å². The van der Waals surface area contributed by atoms with Gasteiger partial charge in [-0.3, -0.25) is 9.59 Å². The third-order valence-electron chi connectivity index (χ3n) is 2.76. The molecule has 0 unspecified atom stereocenters. The minimum Gasteiger partial charge on any atom is -0.362 e. The molecular weight excluding hydrogens is 248 g/mol. The highest BCUT2D eigenvalue weighted by Crippen LogP contribution is 2.39. The van der Waals surface area contributed by atoms with Crippen molar-refractivity contribution in [2.24, 2.45) is 0 Å². The van der Waals surface area contributed by atoms with Crippen LogP contribution in [0.5, 0.6) is 0 Å². The summed E-state index contributed by atoms with van der Waals surface area (Å²) < 4.78 is 0. The molecule has 1 aliphatic rings. The molecule has 2 N–H and O–H groups in total. The molecule has 0 saturated carbocycles. The Bertz CT molecular complexity index is 665. The van der Waals surface area contributed by atoms with Crippen molar-refractivity contribution in [1.29, 1.82) is 0 Å². The van der Waals surface area contributed by atoms with E-state index in [9.17, 15) is 9.59 Å². The molecule has 3 rings (SSSR count). The molecule has 0 bridgehead atoms. The zero-order chi connectivity index (χ0) is 12.7. The molecule has 0 saturated heterocycles. The molecule has 1 aliphatic heterocycles. The van der Waals surface area contributed by atoms with E-state index < -0.39 is 0 Å². The first-order valence-electron chi connectivity index (χ1n) is 5.47. The van der Waals surface area contributed by atoms with Gasteiger partial charge in [0.25, 0.3) is 5.91 Å². The van der Waals surface area contributed by atoms with Crippen LogP contribution in [0.4, 0.5) is 5.00 Å². The Kier molecular flexibility index (Phi) is 2.41. The molecule has 90 valence electrons. The summed E-state index contributed by atoms with van der Waals surface area (Å²) in [4.78, 5) is 26.8. The average molecular weight is 258 g/mol. The molecule has 5 heteroatoms. The van der Waals surface area contributed by atoms with Crippen molar-refractivity contribution in [1.82, 2.24) is 4.98 Å². The number of H-pyrrole nitrogens is 1. The second-order valence-electron chi connectivity index (χ2n) is 4.05. The molecule has 0 fully saturated rings. The van der Waals surface area contributed by atoms with E-state index in [0.29, 0.717) is 10.5 Å². The number of carbonyl (C=O) groups excluding carboxylic acids is 2. The maximum absolute atomic E-state index is 11.8. The number of amides is 1. The summed E-state index contributed by atoms with van der Waals surface area (Å²) in [5.41, 5.74) is 2.27. The Hall–Kier alpha value is -2.14. The molecule has 0 aliphatic carbocycles. The summed E-state index contributed by atoms with van der Waals surface area (Å²) in [6.07, 6.45) is 3.59. The van der Waals surface area contributed by atoms with Crippen LogP contribution in [0, 0.1) is 0 Å². The molecule has 2 aromatic heterocycles. The maximum Gasteiger partial charge on any atom is 0.257 e. The number of thiophene rings is 1. The van der Waals surface area contributed by atoms with E-state index in [1.165, 1.54) is 18.3 Å². The first-order valence-corrected chi connectivity index (χ1v) is 6.28. The van der Waals surface area contributed by atoms with Crippen molar-refractivity contribution < 1.29 is 9.59 Å². The van der Waals surface area contributed by atoms with Crippen LogP contribution in [0.2, 0.25) is 0 Å². The minimum atomic E-state index is -0.124. The summed E-state index contributed by atoms with van der Waals surface area (Å²) in [6, 6.07) is 5.53. The predicted molar refractivity (Wildman–Crippen MR) is 71.6 cm³/mol. The summed E-state index contributed by atoms with van der Waals surface area (Å²) >= 11 is 1.32. The standard InChI is InChI=1S/C13H10N2O2S/c1-7(16)11-6-10-9(5-8-3-2-4-14-8)12(17)15-13(10)18-11/h2-6,14H,1H3,(H,15,17)/b9-5+. The molecule has 0 spiro atoms. The van der Waals surface area contributed by atoms with Gasteiger partial charge in [-0.25, -0.2) is 0 Å². The van der Waals surface area contributed by atoms with E-state index in [-0.39, 0.29) is 11.7 Å². The predicted octanol–water partition coefficient (Wildman–Crippen LogP) is 2.77. The van der Waals surface area contributed by atoms with Crippen molar-refractivity contribution in [2.45, 2.75) is 6.92 Å². The lowest BCUT2D eigenvalue weighted by molar-refractivity contribution is -0.110. The largest absolute Gasteiger partial charge is 0.362 e. The van der Waals surface area contributed by atoms with Crippen LogP contribution in [-0.2, 0) is 4.79 Å². The van der Waals surface area contributed by atoms with Crippen LogP contribution >= 0.6 is 11.3 Å². The monoisotopic (exact) mass is 258 g/mol. The summed E-state index contributed by atoms with van der Waals surface area (Å²) in [6.45, 7) is 1.52. The topological polar surface area (TPSA) is 62.0 Å². The van der Waals surface area contributed by atoms with Gasteiger partial charge < -0.3 is 10.3 Å². The van der Waals surface area contributed by atoms with Gasteiger partial charge in [0, 0.05) is 17.5 Å². The van der Waals surface area contributed by atoms with E-state index >= 15 is 0 Å². The molecular formula is C13H10N2O2S. The molecule has 18 heavy (non-hydrogen) atoms. The number of nitrogens with one attached hydrogen (secondary N) is 2. The number of rotatable bonds is 2. The number of aromatic nitrogens is 1. The number of carbonyl (C=O) groups is 2. The second kappa shape index (κ2) is 3.96. The van der Waals surface area contributed by atoms with Gasteiger partial charge in [-0.05, 0) is 31.2 Å². The number of anilines is 1. The number of hydrogen-bond donors (Lipinski definition) is 2. The van der Waals surface area contributed by atoms with Gasteiger partial charge in [0.1, 0.15) is 5.00 Å². The Morgan fingerprint density at radius 1 is 1.44 bits per heavy atom. The summed E-state index contributed by atoms with van der Waals surface area (Å²) in [5.74, 6) is -0.108. The molecule has 0 atom stereocenters. The van der Waals surface area contributed by atoms with Crippen LogP contribution in [0.3, 0.4) is 0 Å². The van der Waals surface area contributed by atoms with Crippen molar-refractivity contribution in [3.63, 3.8) is 0 Å². The molecule has 4 nitrogen and oxygen atoms in total. The SMILES string of the molecule is CC(=O)c1cc2c(s1)NC(=O)/C2=C/c1ccc[nH]1. The van der Waals surface area contributed by atoms with Gasteiger partial charge in [-0.15, -0.1) is 11.3 Å². The smallest absolute Gasteiger partial charge is 0.257 e. The third-order valence-corrected chi connectivity index (χ3v) is 3.91. The van der Waals surface area contributed by atoms with Gasteiger partial charge >= 0.3 is 0 Å². The summed E-state index contributed by atoms with van der Waals surface area (Å²) in [7, 11) is 0. The first-order chi connectivity index (χ1) is 8.65. The Balaban J connectivity index is 2.08. The number of aromatic amines is 1. The third kappa shape index (κ3) is 1.69.